The molecule has 0 bridgehead atoms. The molecule has 2 rings (SSSR count). The highest BCUT2D eigenvalue weighted by Crippen LogP contribution is 2.21. The quantitative estimate of drug-likeness (QED) is 0.779. The molecule has 6 heteroatoms. The lowest BCUT2D eigenvalue weighted by molar-refractivity contribution is -0.138. The van der Waals surface area contributed by atoms with Crippen molar-refractivity contribution in [2.45, 2.75) is 32.1 Å². The first-order chi connectivity index (χ1) is 9.06. The zero-order chi connectivity index (χ0) is 13.8. The summed E-state index contributed by atoms with van der Waals surface area (Å²) in [5.41, 5.74) is 0. The molecular weight excluding hydrogens is 248 g/mol. The first-order valence-corrected chi connectivity index (χ1v) is 6.83. The highest BCUT2D eigenvalue weighted by Gasteiger charge is 2.29. The second-order valence-corrected chi connectivity index (χ2v) is 5.35. The molecule has 2 amide bonds. The smallest absolute Gasteiger partial charge is 0.303 e. The molecule has 0 aromatic heterocycles. The molecule has 0 aliphatic carbocycles. The molecular formula is C13H20N2O4. The monoisotopic (exact) mass is 268 g/mol. The summed E-state index contributed by atoms with van der Waals surface area (Å²) < 4.78 is 0. The fraction of sp³-hybridized carbons (Fsp3) is 0.769. The van der Waals surface area contributed by atoms with Gasteiger partial charge in [0.15, 0.2) is 0 Å². The van der Waals surface area contributed by atoms with E-state index in [-0.39, 0.29) is 30.7 Å². The van der Waals surface area contributed by atoms with E-state index in [1.165, 1.54) is 0 Å². The molecule has 2 aliphatic heterocycles. The highest BCUT2D eigenvalue weighted by atomic mass is 16.4. The lowest BCUT2D eigenvalue weighted by Crippen LogP contribution is -2.39. The second-order valence-electron chi connectivity index (χ2n) is 5.35. The van der Waals surface area contributed by atoms with Gasteiger partial charge in [-0.3, -0.25) is 14.4 Å². The fourth-order valence-electron chi connectivity index (χ4n) is 2.76. The van der Waals surface area contributed by atoms with Crippen molar-refractivity contribution >= 4 is 17.8 Å². The predicted octanol–water partition coefficient (Wildman–Crippen LogP) is 0.322. The van der Waals surface area contributed by atoms with Gasteiger partial charge in [0, 0.05) is 32.5 Å². The SMILES string of the molecule is O=C(O)CCC1CCN(C(=O)CN2CCCC2=O)C1. The molecule has 0 saturated carbocycles. The van der Waals surface area contributed by atoms with Gasteiger partial charge in [0.1, 0.15) is 0 Å². The number of hydrogen-bond donors (Lipinski definition) is 1. The van der Waals surface area contributed by atoms with Crippen LogP contribution in [0.3, 0.4) is 0 Å². The Hall–Kier alpha value is -1.59. The van der Waals surface area contributed by atoms with Crippen LogP contribution in [0.25, 0.3) is 0 Å². The molecule has 2 aliphatic rings. The highest BCUT2D eigenvalue weighted by molar-refractivity contribution is 5.86. The van der Waals surface area contributed by atoms with E-state index in [1.807, 2.05) is 0 Å². The number of carboxylic acids is 1. The molecule has 2 fully saturated rings. The fourth-order valence-corrected chi connectivity index (χ4v) is 2.76. The lowest BCUT2D eigenvalue weighted by Gasteiger charge is -2.21. The molecule has 0 aromatic rings. The van der Waals surface area contributed by atoms with E-state index in [1.54, 1.807) is 9.80 Å². The molecule has 6 nitrogen and oxygen atoms in total. The Bertz CT molecular complexity index is 383. The summed E-state index contributed by atoms with van der Waals surface area (Å²) in [6, 6.07) is 0. The molecule has 1 unspecified atom stereocenters. The molecule has 106 valence electrons. The molecule has 0 radical (unpaired) electrons. The average Bonchev–Trinajstić information content (AvgIpc) is 2.97. The third-order valence-corrected chi connectivity index (χ3v) is 3.90. The Morgan fingerprint density at radius 1 is 1.32 bits per heavy atom. The van der Waals surface area contributed by atoms with Crippen LogP contribution in [-0.2, 0) is 14.4 Å². The van der Waals surface area contributed by atoms with Crippen LogP contribution in [0.4, 0.5) is 0 Å². The number of carbonyl (C=O) groups is 3. The minimum atomic E-state index is -0.785. The minimum absolute atomic E-state index is 0.00641. The largest absolute Gasteiger partial charge is 0.481 e. The van der Waals surface area contributed by atoms with Crippen molar-refractivity contribution in [1.82, 2.24) is 9.80 Å². The topological polar surface area (TPSA) is 77.9 Å². The van der Waals surface area contributed by atoms with Gasteiger partial charge in [-0.05, 0) is 25.2 Å². The molecule has 1 N–H and O–H groups in total. The number of hydrogen-bond acceptors (Lipinski definition) is 3. The van der Waals surface area contributed by atoms with Crippen molar-refractivity contribution in [3.05, 3.63) is 0 Å². The standard InChI is InChI=1S/C13H20N2O4/c16-11-2-1-6-14(11)9-12(17)15-7-5-10(8-15)3-4-13(18)19/h10H,1-9H2,(H,18,19). The summed E-state index contributed by atoms with van der Waals surface area (Å²) in [7, 11) is 0. The van der Waals surface area contributed by atoms with E-state index in [0.29, 0.717) is 32.5 Å². The van der Waals surface area contributed by atoms with Crippen LogP contribution in [0, 0.1) is 5.92 Å². The Balaban J connectivity index is 1.75. The molecule has 2 saturated heterocycles. The number of carboxylic acid groups (broad SMARTS) is 1. The molecule has 2 heterocycles. The third kappa shape index (κ3) is 3.68. The minimum Gasteiger partial charge on any atom is -0.481 e. The van der Waals surface area contributed by atoms with E-state index in [2.05, 4.69) is 0 Å². The van der Waals surface area contributed by atoms with Crippen LogP contribution >= 0.6 is 0 Å². The Labute approximate surface area is 112 Å². The van der Waals surface area contributed by atoms with Crippen molar-refractivity contribution in [2.75, 3.05) is 26.2 Å². The summed E-state index contributed by atoms with van der Waals surface area (Å²) in [6.07, 6.45) is 3.05. The normalized spacial score (nSPS) is 23.2. The number of nitrogens with zero attached hydrogens (tertiary/aromatic N) is 2. The van der Waals surface area contributed by atoms with Crippen molar-refractivity contribution in [1.29, 1.82) is 0 Å². The van der Waals surface area contributed by atoms with E-state index >= 15 is 0 Å². The predicted molar refractivity (Wildman–Crippen MR) is 67.4 cm³/mol. The van der Waals surface area contributed by atoms with Crippen LogP contribution in [-0.4, -0.2) is 58.9 Å². The molecule has 1 atom stereocenters. The number of amides is 2. The van der Waals surface area contributed by atoms with Crippen LogP contribution in [0.15, 0.2) is 0 Å². The number of rotatable bonds is 5. The summed E-state index contributed by atoms with van der Waals surface area (Å²) in [5, 5.41) is 8.64. The number of aliphatic carboxylic acids is 1. The van der Waals surface area contributed by atoms with Crippen molar-refractivity contribution in [3.63, 3.8) is 0 Å². The van der Waals surface area contributed by atoms with Crippen LogP contribution in [0.1, 0.15) is 32.1 Å². The maximum atomic E-state index is 12.0. The van der Waals surface area contributed by atoms with Gasteiger partial charge in [0.05, 0.1) is 6.54 Å². The molecule has 0 aromatic carbocycles. The van der Waals surface area contributed by atoms with Gasteiger partial charge in [-0.1, -0.05) is 0 Å². The van der Waals surface area contributed by atoms with E-state index < -0.39 is 5.97 Å². The Kier molecular flexibility index (Phi) is 4.39. The van der Waals surface area contributed by atoms with Crippen molar-refractivity contribution in [2.24, 2.45) is 5.92 Å². The summed E-state index contributed by atoms with van der Waals surface area (Å²) >= 11 is 0. The van der Waals surface area contributed by atoms with Crippen LogP contribution in [0.5, 0.6) is 0 Å². The van der Waals surface area contributed by atoms with Crippen molar-refractivity contribution < 1.29 is 19.5 Å². The summed E-state index contributed by atoms with van der Waals surface area (Å²) in [5.74, 6) is -0.440. The number of carbonyl (C=O) groups excluding carboxylic acids is 2. The van der Waals surface area contributed by atoms with Gasteiger partial charge in [-0.15, -0.1) is 0 Å². The second kappa shape index (κ2) is 6.04. The zero-order valence-electron chi connectivity index (χ0n) is 11.0. The van der Waals surface area contributed by atoms with E-state index in [4.69, 9.17) is 5.11 Å². The van der Waals surface area contributed by atoms with Gasteiger partial charge in [-0.25, -0.2) is 0 Å². The summed E-state index contributed by atoms with van der Waals surface area (Å²) in [6.45, 7) is 2.19. The summed E-state index contributed by atoms with van der Waals surface area (Å²) in [4.78, 5) is 37.4. The average molecular weight is 268 g/mol. The Morgan fingerprint density at radius 2 is 2.11 bits per heavy atom. The first-order valence-electron chi connectivity index (χ1n) is 6.83. The van der Waals surface area contributed by atoms with Gasteiger partial charge in [0.2, 0.25) is 11.8 Å². The van der Waals surface area contributed by atoms with Gasteiger partial charge in [0.25, 0.3) is 0 Å². The van der Waals surface area contributed by atoms with E-state index in [0.717, 1.165) is 12.8 Å². The van der Waals surface area contributed by atoms with E-state index in [9.17, 15) is 14.4 Å². The molecule has 19 heavy (non-hydrogen) atoms. The third-order valence-electron chi connectivity index (χ3n) is 3.90. The van der Waals surface area contributed by atoms with Gasteiger partial charge in [-0.2, -0.15) is 0 Å². The molecule has 0 spiro atoms. The van der Waals surface area contributed by atoms with Crippen molar-refractivity contribution in [3.8, 4) is 0 Å². The van der Waals surface area contributed by atoms with Gasteiger partial charge >= 0.3 is 5.97 Å². The maximum absolute atomic E-state index is 12.0. The zero-order valence-corrected chi connectivity index (χ0v) is 11.0. The Morgan fingerprint density at radius 3 is 2.74 bits per heavy atom. The van der Waals surface area contributed by atoms with Crippen LogP contribution < -0.4 is 0 Å². The van der Waals surface area contributed by atoms with Gasteiger partial charge < -0.3 is 14.9 Å². The number of likely N-dealkylation sites (tertiary alicyclic amines) is 2. The lowest BCUT2D eigenvalue weighted by atomic mass is 10.0. The van der Waals surface area contributed by atoms with Crippen LogP contribution in [0.2, 0.25) is 0 Å². The maximum Gasteiger partial charge on any atom is 0.303 e. The first kappa shape index (κ1) is 13.8.